The van der Waals surface area contributed by atoms with E-state index in [1.165, 1.54) is 18.2 Å². The van der Waals surface area contributed by atoms with E-state index < -0.39 is 15.8 Å². The summed E-state index contributed by atoms with van der Waals surface area (Å²) in [7, 11) is -1.87. The van der Waals surface area contributed by atoms with Gasteiger partial charge in [-0.3, -0.25) is 9.40 Å². The average molecular weight is 438 g/mol. The second-order valence-corrected chi connectivity index (χ2v) is 8.58. The van der Waals surface area contributed by atoms with Crippen LogP contribution in [0.2, 0.25) is 0 Å². The van der Waals surface area contributed by atoms with Crippen LogP contribution in [0, 0.1) is 5.82 Å². The molecule has 0 atom stereocenters. The summed E-state index contributed by atoms with van der Waals surface area (Å²) in [4.78, 5) is 8.69. The Hall–Kier alpha value is -3.79. The van der Waals surface area contributed by atoms with Crippen LogP contribution in [-0.2, 0) is 22.8 Å². The summed E-state index contributed by atoms with van der Waals surface area (Å²) >= 11 is 0. The SMILES string of the molecule is Cn1cc(Nc2nccc(-c3ccc(NS(=O)(=O)Cc4cccc(F)c4)cc3)n2)cn1. The second-order valence-electron chi connectivity index (χ2n) is 6.86. The highest BCUT2D eigenvalue weighted by molar-refractivity contribution is 7.91. The van der Waals surface area contributed by atoms with Gasteiger partial charge in [0.2, 0.25) is 16.0 Å². The summed E-state index contributed by atoms with van der Waals surface area (Å²) in [5, 5.41) is 7.17. The van der Waals surface area contributed by atoms with Gasteiger partial charge in [-0.25, -0.2) is 22.8 Å². The van der Waals surface area contributed by atoms with E-state index in [1.807, 2.05) is 7.05 Å². The van der Waals surface area contributed by atoms with Crippen molar-refractivity contribution in [2.75, 3.05) is 10.0 Å². The van der Waals surface area contributed by atoms with Crippen LogP contribution in [0.15, 0.2) is 73.2 Å². The Kier molecular flexibility index (Phi) is 5.63. The van der Waals surface area contributed by atoms with Gasteiger partial charge in [-0.15, -0.1) is 0 Å². The number of hydrogen-bond donors (Lipinski definition) is 2. The number of sulfonamides is 1. The first-order valence-corrected chi connectivity index (χ1v) is 11.0. The van der Waals surface area contributed by atoms with E-state index in [2.05, 4.69) is 25.1 Å². The first kappa shape index (κ1) is 20.5. The number of rotatable bonds is 7. The number of aryl methyl sites for hydroxylation is 1. The van der Waals surface area contributed by atoms with Crippen LogP contribution in [0.3, 0.4) is 0 Å². The Morgan fingerprint density at radius 2 is 1.87 bits per heavy atom. The molecule has 0 unspecified atom stereocenters. The van der Waals surface area contributed by atoms with Crippen LogP contribution in [0.25, 0.3) is 11.3 Å². The van der Waals surface area contributed by atoms with E-state index in [4.69, 9.17) is 0 Å². The van der Waals surface area contributed by atoms with Crippen molar-refractivity contribution in [3.05, 3.63) is 84.6 Å². The summed E-state index contributed by atoms with van der Waals surface area (Å²) in [6.45, 7) is 0. The molecular formula is C21H19FN6O2S. The molecule has 2 heterocycles. The Bertz CT molecular complexity index is 1310. The van der Waals surface area contributed by atoms with Crippen molar-refractivity contribution in [1.29, 1.82) is 0 Å². The van der Waals surface area contributed by atoms with Crippen molar-refractivity contribution in [3.8, 4) is 11.3 Å². The molecule has 0 saturated carbocycles. The third kappa shape index (κ3) is 5.43. The zero-order valence-electron chi connectivity index (χ0n) is 16.5. The highest BCUT2D eigenvalue weighted by Gasteiger charge is 2.13. The van der Waals surface area contributed by atoms with Crippen LogP contribution in [-0.4, -0.2) is 28.2 Å². The van der Waals surface area contributed by atoms with E-state index in [1.54, 1.807) is 59.7 Å². The third-order valence-corrected chi connectivity index (χ3v) is 5.58. The largest absolute Gasteiger partial charge is 0.321 e. The van der Waals surface area contributed by atoms with Gasteiger partial charge in [0, 0.05) is 30.7 Å². The molecule has 0 spiro atoms. The van der Waals surface area contributed by atoms with Crippen molar-refractivity contribution in [3.63, 3.8) is 0 Å². The summed E-state index contributed by atoms with van der Waals surface area (Å²) in [5.74, 6) is -0.369. The number of halogens is 1. The van der Waals surface area contributed by atoms with Gasteiger partial charge < -0.3 is 5.32 Å². The molecule has 0 saturated heterocycles. The molecule has 0 aliphatic carbocycles. The Labute approximate surface area is 178 Å². The normalized spacial score (nSPS) is 11.3. The maximum absolute atomic E-state index is 13.3. The molecule has 8 nitrogen and oxygen atoms in total. The van der Waals surface area contributed by atoms with Gasteiger partial charge in [-0.05, 0) is 35.9 Å². The number of nitrogens with one attached hydrogen (secondary N) is 2. The summed E-state index contributed by atoms with van der Waals surface area (Å²) in [5.41, 5.74) is 3.02. The van der Waals surface area contributed by atoms with Crippen molar-refractivity contribution >= 4 is 27.3 Å². The number of benzene rings is 2. The van der Waals surface area contributed by atoms with Gasteiger partial charge in [0.25, 0.3) is 0 Å². The molecule has 158 valence electrons. The summed E-state index contributed by atoms with van der Waals surface area (Å²) < 4.78 is 42.2. The van der Waals surface area contributed by atoms with E-state index >= 15 is 0 Å². The molecule has 31 heavy (non-hydrogen) atoms. The van der Waals surface area contributed by atoms with E-state index in [-0.39, 0.29) is 5.75 Å². The molecule has 0 aliphatic rings. The summed E-state index contributed by atoms with van der Waals surface area (Å²) in [6.07, 6.45) is 5.11. The minimum absolute atomic E-state index is 0.318. The third-order valence-electron chi connectivity index (χ3n) is 4.32. The quantitative estimate of drug-likeness (QED) is 0.456. The average Bonchev–Trinajstić information content (AvgIpc) is 3.12. The molecule has 0 amide bonds. The molecule has 0 aliphatic heterocycles. The highest BCUT2D eigenvalue weighted by atomic mass is 32.2. The van der Waals surface area contributed by atoms with E-state index in [9.17, 15) is 12.8 Å². The van der Waals surface area contributed by atoms with Crippen molar-refractivity contribution in [2.24, 2.45) is 7.05 Å². The summed E-state index contributed by atoms with van der Waals surface area (Å²) in [6, 6.07) is 14.1. The van der Waals surface area contributed by atoms with Crippen molar-refractivity contribution < 1.29 is 12.8 Å². The predicted octanol–water partition coefficient (Wildman–Crippen LogP) is 3.70. The molecule has 0 fully saturated rings. The van der Waals surface area contributed by atoms with E-state index in [0.717, 1.165) is 11.3 Å². The zero-order valence-corrected chi connectivity index (χ0v) is 17.3. The maximum atomic E-state index is 13.3. The van der Waals surface area contributed by atoms with Crippen LogP contribution < -0.4 is 10.0 Å². The lowest BCUT2D eigenvalue weighted by molar-refractivity contribution is 0.599. The van der Waals surface area contributed by atoms with Gasteiger partial charge in [0.1, 0.15) is 5.82 Å². The fourth-order valence-corrected chi connectivity index (χ4v) is 4.15. The van der Waals surface area contributed by atoms with Gasteiger partial charge in [-0.1, -0.05) is 24.3 Å². The molecule has 4 aromatic rings. The zero-order chi connectivity index (χ0) is 21.8. The molecule has 0 radical (unpaired) electrons. The number of hydrogen-bond acceptors (Lipinski definition) is 6. The fourth-order valence-electron chi connectivity index (χ4n) is 2.97. The molecule has 4 rings (SSSR count). The van der Waals surface area contributed by atoms with Crippen LogP contribution in [0.4, 0.5) is 21.7 Å². The Morgan fingerprint density at radius 1 is 1.06 bits per heavy atom. The lowest BCUT2D eigenvalue weighted by Gasteiger charge is -2.09. The number of aromatic nitrogens is 4. The second kappa shape index (κ2) is 8.52. The monoisotopic (exact) mass is 438 g/mol. The van der Waals surface area contributed by atoms with Gasteiger partial charge in [0.05, 0.1) is 23.3 Å². The van der Waals surface area contributed by atoms with Gasteiger partial charge in [-0.2, -0.15) is 5.10 Å². The van der Waals surface area contributed by atoms with Crippen LogP contribution in [0.1, 0.15) is 5.56 Å². The molecule has 2 N–H and O–H groups in total. The lowest BCUT2D eigenvalue weighted by atomic mass is 10.1. The minimum atomic E-state index is -3.68. The molecule has 0 bridgehead atoms. The maximum Gasteiger partial charge on any atom is 0.236 e. The van der Waals surface area contributed by atoms with Crippen LogP contribution in [0.5, 0.6) is 0 Å². The predicted molar refractivity (Wildman–Crippen MR) is 117 cm³/mol. The number of nitrogens with zero attached hydrogens (tertiary/aromatic N) is 4. The molecule has 2 aromatic heterocycles. The smallest absolute Gasteiger partial charge is 0.236 e. The first-order valence-electron chi connectivity index (χ1n) is 9.30. The first-order chi connectivity index (χ1) is 14.9. The van der Waals surface area contributed by atoms with Crippen molar-refractivity contribution in [2.45, 2.75) is 5.75 Å². The van der Waals surface area contributed by atoms with Gasteiger partial charge >= 0.3 is 0 Å². The Balaban J connectivity index is 1.46. The topological polar surface area (TPSA) is 102 Å². The van der Waals surface area contributed by atoms with E-state index in [0.29, 0.717) is 22.9 Å². The Morgan fingerprint density at radius 3 is 2.58 bits per heavy atom. The molecule has 10 heteroatoms. The van der Waals surface area contributed by atoms with Crippen molar-refractivity contribution in [1.82, 2.24) is 19.7 Å². The highest BCUT2D eigenvalue weighted by Crippen LogP contribution is 2.22. The van der Waals surface area contributed by atoms with Gasteiger partial charge in [0.15, 0.2) is 0 Å². The number of anilines is 3. The molecule has 2 aromatic carbocycles. The fraction of sp³-hybridized carbons (Fsp3) is 0.0952. The minimum Gasteiger partial charge on any atom is -0.321 e. The standard InChI is InChI=1S/C21H19FN6O2S/c1-28-13-19(12-24-28)25-21-23-10-9-20(26-21)16-5-7-18(8-6-16)27-31(29,30)14-15-3-2-4-17(22)11-15/h2-13,27H,14H2,1H3,(H,23,25,26). The molecular weight excluding hydrogens is 419 g/mol. The van der Waals surface area contributed by atoms with Crippen LogP contribution >= 0.6 is 0 Å². The lowest BCUT2D eigenvalue weighted by Crippen LogP contribution is -2.15.